The van der Waals surface area contributed by atoms with Gasteiger partial charge >= 0.3 is 7.82 Å². The number of carbonyl (C=O) groups excluding carboxylic acids is 1. The third-order valence-electron chi connectivity index (χ3n) is 8.17. The van der Waals surface area contributed by atoms with Gasteiger partial charge in [0.25, 0.3) is 0 Å². The van der Waals surface area contributed by atoms with Gasteiger partial charge in [0.05, 0.1) is 33.3 Å². The van der Waals surface area contributed by atoms with Crippen molar-refractivity contribution in [2.45, 2.75) is 135 Å². The number of piperidine rings is 1. The molecule has 2 unspecified atom stereocenters. The van der Waals surface area contributed by atoms with Crippen molar-refractivity contribution < 1.29 is 27.8 Å². The van der Waals surface area contributed by atoms with Crippen LogP contribution in [0.2, 0.25) is 0 Å². The largest absolute Gasteiger partial charge is 0.472 e. The van der Waals surface area contributed by atoms with Crippen molar-refractivity contribution in [1.82, 2.24) is 4.90 Å². The maximum absolute atomic E-state index is 12.8. The van der Waals surface area contributed by atoms with Crippen LogP contribution in [0.5, 0.6) is 0 Å². The van der Waals surface area contributed by atoms with Crippen LogP contribution >= 0.6 is 7.82 Å². The van der Waals surface area contributed by atoms with Crippen LogP contribution in [0.3, 0.4) is 0 Å². The molecule has 2 aliphatic heterocycles. The molecule has 0 radical (unpaired) electrons. The Morgan fingerprint density at radius 1 is 0.865 bits per heavy atom. The average molecular weight is 546 g/mol. The Morgan fingerprint density at radius 2 is 1.41 bits per heavy atom. The second-order valence-corrected chi connectivity index (χ2v) is 13.3. The van der Waals surface area contributed by atoms with Crippen LogP contribution in [0.25, 0.3) is 0 Å². The topological polar surface area (TPSA) is 76.1 Å². The molecule has 0 aromatic rings. The maximum Gasteiger partial charge on any atom is 0.472 e. The van der Waals surface area contributed by atoms with Gasteiger partial charge in [-0.1, -0.05) is 90.4 Å². The molecule has 2 rings (SSSR count). The first-order chi connectivity index (χ1) is 17.8. The number of carbonyl (C=O) groups is 1. The number of phosphoric acid groups is 1. The van der Waals surface area contributed by atoms with Crippen LogP contribution in [0.4, 0.5) is 0 Å². The second-order valence-electron chi connectivity index (χ2n) is 11.9. The lowest BCUT2D eigenvalue weighted by Crippen LogP contribution is -2.54. The Hall–Kier alpha value is -0.460. The van der Waals surface area contributed by atoms with Crippen LogP contribution < -0.4 is 0 Å². The minimum atomic E-state index is -4.16. The van der Waals surface area contributed by atoms with Gasteiger partial charge in [0.15, 0.2) is 0 Å². The fourth-order valence-electron chi connectivity index (χ4n) is 5.91. The highest BCUT2D eigenvalue weighted by molar-refractivity contribution is 7.47. The molecule has 2 fully saturated rings. The highest BCUT2D eigenvalue weighted by Crippen LogP contribution is 2.45. The summed E-state index contributed by atoms with van der Waals surface area (Å²) in [6.45, 7) is 6.32. The van der Waals surface area contributed by atoms with E-state index in [2.05, 4.69) is 14.0 Å². The van der Waals surface area contributed by atoms with Crippen LogP contribution in [0, 0.1) is 0 Å². The number of likely N-dealkylation sites (tertiary alicyclic amines) is 2. The normalized spacial score (nSPS) is 20.3. The molecule has 0 spiro atoms. The second kappa shape index (κ2) is 18.8. The lowest BCUT2D eigenvalue weighted by Gasteiger charge is -2.40. The van der Waals surface area contributed by atoms with E-state index in [0.29, 0.717) is 26.1 Å². The number of rotatable bonds is 22. The monoisotopic (exact) mass is 545 g/mol. The van der Waals surface area contributed by atoms with Gasteiger partial charge in [-0.2, -0.15) is 0 Å². The summed E-state index contributed by atoms with van der Waals surface area (Å²) in [6.07, 6.45) is 22.3. The fourth-order valence-corrected chi connectivity index (χ4v) is 6.84. The first kappa shape index (κ1) is 32.8. The van der Waals surface area contributed by atoms with E-state index >= 15 is 0 Å². The summed E-state index contributed by atoms with van der Waals surface area (Å²) in [5.41, 5.74) is 0. The summed E-state index contributed by atoms with van der Waals surface area (Å²) < 4.78 is 24.7. The van der Waals surface area contributed by atoms with Gasteiger partial charge in [-0.25, -0.2) is 4.57 Å². The third-order valence-corrected chi connectivity index (χ3v) is 9.24. The maximum atomic E-state index is 12.8. The van der Waals surface area contributed by atoms with Gasteiger partial charge < -0.3 is 14.3 Å². The van der Waals surface area contributed by atoms with Crippen molar-refractivity contribution in [3.8, 4) is 0 Å². The molecule has 0 aliphatic carbocycles. The molecule has 218 valence electrons. The summed E-state index contributed by atoms with van der Waals surface area (Å²) in [5.74, 6) is 0.117. The van der Waals surface area contributed by atoms with Gasteiger partial charge in [0.1, 0.15) is 12.6 Å². The molecular formula is C29H58N2O5P+. The molecule has 2 saturated heterocycles. The van der Waals surface area contributed by atoms with E-state index in [1.807, 2.05) is 0 Å². The first-order valence-electron chi connectivity index (χ1n) is 15.6. The summed E-state index contributed by atoms with van der Waals surface area (Å²) in [7, 11) is -1.96. The predicted octanol–water partition coefficient (Wildman–Crippen LogP) is 7.22. The molecule has 2 aliphatic rings. The number of hydrogen-bond donors (Lipinski definition) is 1. The molecule has 0 aromatic carbocycles. The molecule has 2 heterocycles. The summed E-state index contributed by atoms with van der Waals surface area (Å²) in [6, 6.07) is 0. The molecule has 1 N–H and O–H groups in total. The standard InChI is InChI=1S/C29H57N2O5P/c1-3-4-5-6-7-8-9-10-11-12-13-14-15-19-25-35-37(33,34)36-28(26-30-22-20-21-29(30)32)27-31(2)23-17-16-18-24-31/h28H,3-27H2,1-2H3/p+1. The fraction of sp³-hybridized carbons (Fsp3) is 0.966. The Morgan fingerprint density at radius 3 is 1.92 bits per heavy atom. The zero-order valence-electron chi connectivity index (χ0n) is 24.2. The minimum absolute atomic E-state index is 0.117. The van der Waals surface area contributed by atoms with Gasteiger partial charge in [0, 0.05) is 13.0 Å². The molecule has 7 nitrogen and oxygen atoms in total. The molecule has 0 aromatic heterocycles. The number of phosphoric ester groups is 1. The quantitative estimate of drug-likeness (QED) is 0.0883. The zero-order valence-corrected chi connectivity index (χ0v) is 25.1. The van der Waals surface area contributed by atoms with Crippen molar-refractivity contribution in [2.24, 2.45) is 0 Å². The molecule has 2 atom stereocenters. The summed E-state index contributed by atoms with van der Waals surface area (Å²) >= 11 is 0. The van der Waals surface area contributed by atoms with Crippen LogP contribution in [-0.2, 0) is 18.4 Å². The van der Waals surface area contributed by atoms with E-state index in [1.54, 1.807) is 4.90 Å². The number of nitrogens with zero attached hydrogens (tertiary/aromatic N) is 2. The molecule has 37 heavy (non-hydrogen) atoms. The number of unbranched alkanes of at least 4 members (excludes halogenated alkanes) is 13. The van der Waals surface area contributed by atoms with Crippen molar-refractivity contribution in [3.63, 3.8) is 0 Å². The van der Waals surface area contributed by atoms with Crippen molar-refractivity contribution >= 4 is 13.7 Å². The molecule has 0 saturated carbocycles. The molecule has 8 heteroatoms. The third kappa shape index (κ3) is 15.1. The molecular weight excluding hydrogens is 487 g/mol. The van der Waals surface area contributed by atoms with E-state index in [9.17, 15) is 14.3 Å². The highest BCUT2D eigenvalue weighted by atomic mass is 31.2. The van der Waals surface area contributed by atoms with Gasteiger partial charge in [-0.05, 0) is 32.1 Å². The van der Waals surface area contributed by atoms with Crippen LogP contribution in [-0.4, -0.2) is 72.7 Å². The Balaban J connectivity index is 1.58. The van der Waals surface area contributed by atoms with Gasteiger partial charge in [-0.3, -0.25) is 13.8 Å². The summed E-state index contributed by atoms with van der Waals surface area (Å²) in [4.78, 5) is 24.4. The summed E-state index contributed by atoms with van der Waals surface area (Å²) in [5, 5.41) is 0. The van der Waals surface area contributed by atoms with E-state index in [-0.39, 0.29) is 12.5 Å². The van der Waals surface area contributed by atoms with Gasteiger partial charge in [0.2, 0.25) is 5.91 Å². The van der Waals surface area contributed by atoms with Gasteiger partial charge in [-0.15, -0.1) is 0 Å². The number of likely N-dealkylation sites (N-methyl/N-ethyl adjacent to an activating group) is 1. The van der Waals surface area contributed by atoms with Crippen molar-refractivity contribution in [1.29, 1.82) is 0 Å². The SMILES string of the molecule is CCCCCCCCCCCCCCCCOP(=O)(O)OC(CN1CCCC1=O)C[N+]1(C)CCCCC1. The van der Waals surface area contributed by atoms with Crippen LogP contribution in [0.15, 0.2) is 0 Å². The van der Waals surface area contributed by atoms with E-state index < -0.39 is 13.9 Å². The molecule has 0 bridgehead atoms. The number of quaternary nitrogens is 1. The minimum Gasteiger partial charge on any atom is -0.340 e. The smallest absolute Gasteiger partial charge is 0.340 e. The lowest BCUT2D eigenvalue weighted by atomic mass is 10.0. The highest BCUT2D eigenvalue weighted by Gasteiger charge is 2.36. The van der Waals surface area contributed by atoms with E-state index in [0.717, 1.165) is 56.1 Å². The lowest BCUT2D eigenvalue weighted by molar-refractivity contribution is -0.916. The zero-order chi connectivity index (χ0) is 26.8. The van der Waals surface area contributed by atoms with Crippen molar-refractivity contribution in [3.05, 3.63) is 0 Å². The predicted molar refractivity (Wildman–Crippen MR) is 151 cm³/mol. The van der Waals surface area contributed by atoms with E-state index in [4.69, 9.17) is 9.05 Å². The Bertz CT molecular complexity index is 656. The first-order valence-corrected chi connectivity index (χ1v) is 17.1. The van der Waals surface area contributed by atoms with Crippen LogP contribution in [0.1, 0.15) is 129 Å². The molecule has 1 amide bonds. The van der Waals surface area contributed by atoms with E-state index in [1.165, 1.54) is 77.0 Å². The van der Waals surface area contributed by atoms with Crippen molar-refractivity contribution in [2.75, 3.05) is 46.4 Å². The Labute approximate surface area is 227 Å². The number of hydrogen-bond acceptors (Lipinski definition) is 4. The Kier molecular flexibility index (Phi) is 16.6. The average Bonchev–Trinajstić information content (AvgIpc) is 3.25. The number of amides is 1.